The number of aryl methyl sites for hydroxylation is 1. The van der Waals surface area contributed by atoms with Crippen LogP contribution in [0.4, 0.5) is 10.1 Å². The zero-order valence-electron chi connectivity index (χ0n) is 28.6. The van der Waals surface area contributed by atoms with Gasteiger partial charge in [-0.2, -0.15) is 0 Å². The number of β-lactam (4-membered cyclic amide) rings is 1. The summed E-state index contributed by atoms with van der Waals surface area (Å²) in [6.45, 7) is 1.41. The second-order valence-corrected chi connectivity index (χ2v) is 12.1. The summed E-state index contributed by atoms with van der Waals surface area (Å²) < 4.78 is 21.2. The van der Waals surface area contributed by atoms with E-state index in [9.17, 15) is 14.0 Å². The Labute approximate surface area is 314 Å². The number of ether oxygens (including phenoxy) is 1. The van der Waals surface area contributed by atoms with Crippen LogP contribution >= 0.6 is 0 Å². The van der Waals surface area contributed by atoms with E-state index in [1.165, 1.54) is 12.1 Å². The molecule has 2 aliphatic carbocycles. The van der Waals surface area contributed by atoms with Gasteiger partial charge in [-0.1, -0.05) is 108 Å². The molecule has 1 saturated heterocycles. The number of hydrogen-bond acceptors (Lipinski definition) is 6. The molecule has 8 nitrogen and oxygen atoms in total. The molecule has 0 saturated carbocycles. The first-order valence-electron chi connectivity index (χ1n) is 17.1. The van der Waals surface area contributed by atoms with Gasteiger partial charge >= 0.3 is 17.1 Å². The van der Waals surface area contributed by atoms with E-state index in [4.69, 9.17) is 4.74 Å². The number of aromatic nitrogens is 3. The van der Waals surface area contributed by atoms with Crippen molar-refractivity contribution < 1.29 is 35.8 Å². The van der Waals surface area contributed by atoms with Crippen LogP contribution in [0, 0.1) is 5.82 Å². The predicted octanol–water partition coefficient (Wildman–Crippen LogP) is 7.60. The molecular formula is C42H40FFeN5O3+2. The molecule has 3 aromatic carbocycles. The fourth-order valence-corrected chi connectivity index (χ4v) is 5.75. The number of halogens is 1. The first-order valence-corrected chi connectivity index (χ1v) is 17.1. The second-order valence-electron chi connectivity index (χ2n) is 12.1. The number of nitrogens with one attached hydrogen (secondary N) is 1. The molecule has 52 heavy (non-hydrogen) atoms. The smallest absolute Gasteiger partial charge is 0.494 e. The number of hydrogen-bond donors (Lipinski definition) is 1. The molecule has 0 bridgehead atoms. The number of benzene rings is 3. The monoisotopic (exact) mass is 737 g/mol. The molecule has 7 rings (SSSR count). The summed E-state index contributed by atoms with van der Waals surface area (Å²) in [6, 6.07) is 22.3. The number of carbonyl (C=O) groups excluding carboxylic acids is 2. The van der Waals surface area contributed by atoms with Crippen molar-refractivity contribution in [1.29, 1.82) is 0 Å². The van der Waals surface area contributed by atoms with Crippen molar-refractivity contribution in [1.82, 2.24) is 20.3 Å². The standard InChI is InChI=1S/C37H34FN5O3.C5H6.Fe/c38-30-16-18-32(19-17-30)43-34(20-14-27-8-2-1-3-9-27)36(37(43)45)39-25-31-26-42(41-40-31)22-7-23-46-33-13-6-12-29(24-33)35(44)21-15-28-10-4-5-11-28;1-2-4-5-3-1;/h1-4,6,8-21,24,26,34,36,39H,5,7,22-23,25H2;1-4H,5H2;/q;;+2/b20-14+,21-15+;;/t34-,36+;;/m1../s1. The van der Waals surface area contributed by atoms with Gasteiger partial charge in [0.2, 0.25) is 5.91 Å². The van der Waals surface area contributed by atoms with Gasteiger partial charge in [0.1, 0.15) is 17.6 Å². The maximum absolute atomic E-state index is 13.5. The van der Waals surface area contributed by atoms with Crippen molar-refractivity contribution in [3.63, 3.8) is 0 Å². The van der Waals surface area contributed by atoms with Crippen molar-refractivity contribution in [2.24, 2.45) is 0 Å². The predicted molar refractivity (Wildman–Crippen MR) is 199 cm³/mol. The molecule has 2 atom stereocenters. The number of carbonyl (C=O) groups is 2. The van der Waals surface area contributed by atoms with Crippen LogP contribution in [0.15, 0.2) is 151 Å². The van der Waals surface area contributed by atoms with Crippen LogP contribution in [0.25, 0.3) is 6.08 Å². The van der Waals surface area contributed by atoms with Crippen LogP contribution in [0.5, 0.6) is 5.75 Å². The Hall–Kier alpha value is -5.41. The van der Waals surface area contributed by atoms with Gasteiger partial charge in [0.25, 0.3) is 0 Å². The Balaban J connectivity index is 0.000000803. The van der Waals surface area contributed by atoms with E-state index in [2.05, 4.69) is 52.1 Å². The molecule has 3 aliphatic rings. The van der Waals surface area contributed by atoms with E-state index >= 15 is 0 Å². The average Bonchev–Trinajstić information content (AvgIpc) is 3.98. The first kappa shape index (κ1) is 37.8. The van der Waals surface area contributed by atoms with Crippen LogP contribution in [0.1, 0.15) is 40.9 Å². The number of anilines is 1. The minimum absolute atomic E-state index is 0. The van der Waals surface area contributed by atoms with Gasteiger partial charge in [0.15, 0.2) is 5.78 Å². The van der Waals surface area contributed by atoms with Crippen LogP contribution in [-0.2, 0) is 35.0 Å². The van der Waals surface area contributed by atoms with Gasteiger partial charge in [-0.05, 0) is 66.5 Å². The number of rotatable bonds is 14. The molecule has 1 fully saturated rings. The van der Waals surface area contributed by atoms with E-state index in [-0.39, 0.29) is 40.6 Å². The third-order valence-electron chi connectivity index (χ3n) is 8.42. The summed E-state index contributed by atoms with van der Waals surface area (Å²) in [6.07, 6.45) is 26.5. The molecule has 1 aliphatic heterocycles. The van der Waals surface area contributed by atoms with Crippen LogP contribution in [0.3, 0.4) is 0 Å². The molecular weight excluding hydrogens is 697 g/mol. The van der Waals surface area contributed by atoms with Gasteiger partial charge in [0, 0.05) is 37.0 Å². The van der Waals surface area contributed by atoms with Gasteiger partial charge in [0.05, 0.1) is 18.3 Å². The number of allylic oxidation sites excluding steroid dienone is 10. The normalized spacial score (nSPS) is 17.2. The molecule has 0 spiro atoms. The van der Waals surface area contributed by atoms with E-state index in [0.717, 1.165) is 24.0 Å². The van der Waals surface area contributed by atoms with Crippen molar-refractivity contribution in [2.45, 2.75) is 44.4 Å². The van der Waals surface area contributed by atoms with E-state index < -0.39 is 6.04 Å². The molecule has 264 valence electrons. The Morgan fingerprint density at radius 3 is 2.50 bits per heavy atom. The Bertz CT molecular complexity index is 1970. The van der Waals surface area contributed by atoms with Crippen molar-refractivity contribution in [3.8, 4) is 5.75 Å². The Morgan fingerprint density at radius 1 is 0.962 bits per heavy atom. The molecule has 4 aromatic rings. The van der Waals surface area contributed by atoms with Crippen LogP contribution in [0.2, 0.25) is 0 Å². The zero-order chi connectivity index (χ0) is 35.3. The van der Waals surface area contributed by atoms with E-state index in [0.29, 0.717) is 48.8 Å². The summed E-state index contributed by atoms with van der Waals surface area (Å²) in [5.74, 6) is 0.125. The molecule has 0 unspecified atom stereocenters. The molecule has 10 heteroatoms. The fourth-order valence-electron chi connectivity index (χ4n) is 5.75. The van der Waals surface area contributed by atoms with E-state index in [1.807, 2.05) is 73.0 Å². The minimum atomic E-state index is -0.460. The van der Waals surface area contributed by atoms with Crippen LogP contribution < -0.4 is 15.0 Å². The summed E-state index contributed by atoms with van der Waals surface area (Å²) in [7, 11) is 0. The summed E-state index contributed by atoms with van der Waals surface area (Å²) in [5, 5.41) is 11.8. The first-order chi connectivity index (χ1) is 25.0. The molecule has 2 heterocycles. The molecule has 0 radical (unpaired) electrons. The van der Waals surface area contributed by atoms with Gasteiger partial charge in [-0.15, -0.1) is 5.10 Å². The molecule has 1 amide bonds. The number of ketones is 1. The molecule has 1 N–H and O–H groups in total. The van der Waals surface area contributed by atoms with Crippen LogP contribution in [-0.4, -0.2) is 45.4 Å². The van der Waals surface area contributed by atoms with Gasteiger partial charge in [-0.25, -0.2) is 4.39 Å². The zero-order valence-corrected chi connectivity index (χ0v) is 29.7. The van der Waals surface area contributed by atoms with Gasteiger partial charge < -0.3 is 9.64 Å². The topological polar surface area (TPSA) is 89.4 Å². The average molecular weight is 738 g/mol. The number of nitrogens with zero attached hydrogens (tertiary/aromatic N) is 4. The second kappa shape index (κ2) is 19.3. The summed E-state index contributed by atoms with van der Waals surface area (Å²) in [4.78, 5) is 27.4. The fraction of sp³-hybridized carbons (Fsp3) is 0.190. The Kier molecular flexibility index (Phi) is 14.0. The van der Waals surface area contributed by atoms with Crippen molar-refractivity contribution in [3.05, 3.63) is 174 Å². The van der Waals surface area contributed by atoms with Crippen molar-refractivity contribution in [2.75, 3.05) is 11.5 Å². The summed E-state index contributed by atoms with van der Waals surface area (Å²) >= 11 is 0. The summed E-state index contributed by atoms with van der Waals surface area (Å²) in [5.41, 5.74) is 4.00. The molecule has 1 aromatic heterocycles. The minimum Gasteiger partial charge on any atom is -0.494 e. The maximum Gasteiger partial charge on any atom is 2.00 e. The SMILES string of the molecule is C1=CCC=C1.O=C(/C=C/C1=CCC=C1)c1cccc(OCCCn2cc(CN[C@@H]3C(=O)N(c4ccc(F)cc4)[C@@H]3/C=C/c3ccccc3)nn2)c1.[Fe+2]. The quantitative estimate of drug-likeness (QED) is 0.0472. The van der Waals surface area contributed by atoms with E-state index in [1.54, 1.807) is 39.9 Å². The largest absolute Gasteiger partial charge is 2.00 e. The third-order valence-corrected chi connectivity index (χ3v) is 8.42. The Morgan fingerprint density at radius 2 is 1.77 bits per heavy atom. The van der Waals surface area contributed by atoms with Gasteiger partial charge in [-0.3, -0.25) is 19.6 Å². The third kappa shape index (κ3) is 10.6. The number of amides is 1. The van der Waals surface area contributed by atoms with Crippen molar-refractivity contribution >= 4 is 23.5 Å². The maximum atomic E-state index is 13.5.